The quantitative estimate of drug-likeness (QED) is 0.947. The summed E-state index contributed by atoms with van der Waals surface area (Å²) in [6, 6.07) is 6.37. The van der Waals surface area contributed by atoms with E-state index in [-0.39, 0.29) is 12.2 Å². The molecule has 0 spiro atoms. The average molecular weight is 297 g/mol. The Morgan fingerprint density at radius 1 is 1.35 bits per heavy atom. The first-order valence-electron chi connectivity index (χ1n) is 5.04. The van der Waals surface area contributed by atoms with Gasteiger partial charge in [0.05, 0.1) is 5.69 Å². The summed E-state index contributed by atoms with van der Waals surface area (Å²) in [6.45, 7) is 0. The fourth-order valence-electron chi connectivity index (χ4n) is 1.50. The molecule has 1 heterocycles. The fourth-order valence-corrected chi connectivity index (χ4v) is 1.83. The molecule has 0 saturated carbocycles. The van der Waals surface area contributed by atoms with Crippen molar-refractivity contribution in [2.45, 2.75) is 12.5 Å². The van der Waals surface area contributed by atoms with Gasteiger partial charge in [0.2, 0.25) is 0 Å². The molecule has 0 bridgehead atoms. The van der Waals surface area contributed by atoms with Gasteiger partial charge >= 0.3 is 0 Å². The summed E-state index contributed by atoms with van der Waals surface area (Å²) >= 11 is 3.18. The SMILES string of the molecule is OC(Cc1ccc(Br)cc1F)c1ccncn1. The Balaban J connectivity index is 2.16. The van der Waals surface area contributed by atoms with Gasteiger partial charge in [-0.25, -0.2) is 14.4 Å². The molecule has 0 aliphatic heterocycles. The van der Waals surface area contributed by atoms with Gasteiger partial charge in [0.1, 0.15) is 18.2 Å². The topological polar surface area (TPSA) is 46.0 Å². The van der Waals surface area contributed by atoms with Crippen LogP contribution in [0.25, 0.3) is 0 Å². The van der Waals surface area contributed by atoms with Crippen molar-refractivity contribution in [2.24, 2.45) is 0 Å². The summed E-state index contributed by atoms with van der Waals surface area (Å²) in [6.07, 6.45) is 2.27. The molecule has 0 aliphatic rings. The first-order chi connectivity index (χ1) is 8.16. The Hall–Kier alpha value is -1.33. The Morgan fingerprint density at radius 3 is 2.82 bits per heavy atom. The van der Waals surface area contributed by atoms with Gasteiger partial charge in [-0.05, 0) is 23.8 Å². The summed E-state index contributed by atoms with van der Waals surface area (Å²) in [5.41, 5.74) is 0.946. The molecule has 0 fully saturated rings. The average Bonchev–Trinajstić information content (AvgIpc) is 2.34. The summed E-state index contributed by atoms with van der Waals surface area (Å²) in [5, 5.41) is 9.90. The molecule has 17 heavy (non-hydrogen) atoms. The van der Waals surface area contributed by atoms with E-state index in [1.165, 1.54) is 12.4 Å². The zero-order chi connectivity index (χ0) is 12.3. The van der Waals surface area contributed by atoms with E-state index < -0.39 is 6.10 Å². The molecule has 1 unspecified atom stereocenters. The molecule has 88 valence electrons. The molecule has 3 nitrogen and oxygen atoms in total. The van der Waals surface area contributed by atoms with Crippen LogP contribution in [0.1, 0.15) is 17.4 Å². The lowest BCUT2D eigenvalue weighted by Crippen LogP contribution is -2.05. The van der Waals surface area contributed by atoms with Crippen LogP contribution < -0.4 is 0 Å². The number of aliphatic hydroxyl groups excluding tert-OH is 1. The maximum Gasteiger partial charge on any atom is 0.127 e. The third-order valence-electron chi connectivity index (χ3n) is 2.37. The van der Waals surface area contributed by atoms with Crippen LogP contribution in [0.4, 0.5) is 4.39 Å². The van der Waals surface area contributed by atoms with Crippen LogP contribution in [0, 0.1) is 5.82 Å². The minimum Gasteiger partial charge on any atom is -0.386 e. The van der Waals surface area contributed by atoms with Gasteiger partial charge in [-0.3, -0.25) is 0 Å². The van der Waals surface area contributed by atoms with Crippen LogP contribution in [0.5, 0.6) is 0 Å². The molecule has 0 aliphatic carbocycles. The maximum absolute atomic E-state index is 13.6. The molecular weight excluding hydrogens is 287 g/mol. The summed E-state index contributed by atoms with van der Waals surface area (Å²) in [5.74, 6) is -0.340. The van der Waals surface area contributed by atoms with Crippen molar-refractivity contribution in [3.8, 4) is 0 Å². The second-order valence-electron chi connectivity index (χ2n) is 3.59. The van der Waals surface area contributed by atoms with Gasteiger partial charge in [-0.1, -0.05) is 22.0 Å². The molecule has 0 amide bonds. The molecular formula is C12H10BrFN2O. The number of nitrogens with zero attached hydrogens (tertiary/aromatic N) is 2. The van der Waals surface area contributed by atoms with Crippen molar-refractivity contribution in [3.05, 3.63) is 58.3 Å². The van der Waals surface area contributed by atoms with E-state index in [1.807, 2.05) is 0 Å². The Kier molecular flexibility index (Phi) is 3.81. The van der Waals surface area contributed by atoms with Gasteiger partial charge in [-0.2, -0.15) is 0 Å². The predicted octanol–water partition coefficient (Wildman–Crippen LogP) is 2.65. The van der Waals surface area contributed by atoms with Gasteiger partial charge in [0.15, 0.2) is 0 Å². The minimum atomic E-state index is -0.825. The lowest BCUT2D eigenvalue weighted by atomic mass is 10.1. The van der Waals surface area contributed by atoms with Crippen LogP contribution in [0.3, 0.4) is 0 Å². The van der Waals surface area contributed by atoms with E-state index in [9.17, 15) is 9.50 Å². The van der Waals surface area contributed by atoms with Crippen molar-refractivity contribution in [3.63, 3.8) is 0 Å². The molecule has 2 rings (SSSR count). The largest absolute Gasteiger partial charge is 0.386 e. The molecule has 0 saturated heterocycles. The number of hydrogen-bond acceptors (Lipinski definition) is 3. The number of aromatic nitrogens is 2. The van der Waals surface area contributed by atoms with Crippen molar-refractivity contribution in [1.82, 2.24) is 9.97 Å². The van der Waals surface area contributed by atoms with E-state index >= 15 is 0 Å². The second-order valence-corrected chi connectivity index (χ2v) is 4.51. The minimum absolute atomic E-state index is 0.191. The third-order valence-corrected chi connectivity index (χ3v) is 2.87. The van der Waals surface area contributed by atoms with E-state index in [4.69, 9.17) is 0 Å². The van der Waals surface area contributed by atoms with E-state index in [0.717, 1.165) is 0 Å². The Morgan fingerprint density at radius 2 is 2.18 bits per heavy atom. The Labute approximate surface area is 106 Å². The van der Waals surface area contributed by atoms with Crippen molar-refractivity contribution in [2.75, 3.05) is 0 Å². The summed E-state index contributed by atoms with van der Waals surface area (Å²) in [7, 11) is 0. The van der Waals surface area contributed by atoms with Crippen molar-refractivity contribution in [1.29, 1.82) is 0 Å². The highest BCUT2D eigenvalue weighted by molar-refractivity contribution is 9.10. The van der Waals surface area contributed by atoms with Gasteiger partial charge in [0, 0.05) is 17.1 Å². The first-order valence-corrected chi connectivity index (χ1v) is 5.84. The monoisotopic (exact) mass is 296 g/mol. The highest BCUT2D eigenvalue weighted by Crippen LogP contribution is 2.20. The van der Waals surface area contributed by atoms with Crippen LogP contribution in [-0.4, -0.2) is 15.1 Å². The number of benzene rings is 1. The van der Waals surface area contributed by atoms with Crippen molar-refractivity contribution < 1.29 is 9.50 Å². The Bertz CT molecular complexity index is 507. The molecule has 0 radical (unpaired) electrons. The van der Waals surface area contributed by atoms with Gasteiger partial charge < -0.3 is 5.11 Å². The van der Waals surface area contributed by atoms with Crippen LogP contribution in [-0.2, 0) is 6.42 Å². The van der Waals surface area contributed by atoms with E-state index in [0.29, 0.717) is 15.7 Å². The highest BCUT2D eigenvalue weighted by Gasteiger charge is 2.12. The van der Waals surface area contributed by atoms with Gasteiger partial charge in [0.25, 0.3) is 0 Å². The van der Waals surface area contributed by atoms with E-state index in [1.54, 1.807) is 24.4 Å². The second kappa shape index (κ2) is 5.33. The third kappa shape index (κ3) is 3.08. The smallest absolute Gasteiger partial charge is 0.127 e. The molecule has 1 N–H and O–H groups in total. The first kappa shape index (κ1) is 12.1. The fraction of sp³-hybridized carbons (Fsp3) is 0.167. The molecule has 2 aromatic rings. The number of aliphatic hydroxyl groups is 1. The standard InChI is InChI=1S/C12H10BrFN2O/c13-9-2-1-8(10(14)6-9)5-12(17)11-3-4-15-7-16-11/h1-4,6-7,12,17H,5H2. The molecule has 1 aromatic heterocycles. The zero-order valence-corrected chi connectivity index (χ0v) is 10.4. The van der Waals surface area contributed by atoms with Crippen molar-refractivity contribution >= 4 is 15.9 Å². The number of hydrogen-bond donors (Lipinski definition) is 1. The molecule has 1 aromatic carbocycles. The number of rotatable bonds is 3. The van der Waals surface area contributed by atoms with Crippen LogP contribution in [0.15, 0.2) is 41.3 Å². The van der Waals surface area contributed by atoms with E-state index in [2.05, 4.69) is 25.9 Å². The summed E-state index contributed by atoms with van der Waals surface area (Å²) in [4.78, 5) is 7.69. The lowest BCUT2D eigenvalue weighted by Gasteiger charge is -2.10. The highest BCUT2D eigenvalue weighted by atomic mass is 79.9. The number of halogens is 2. The van der Waals surface area contributed by atoms with Gasteiger partial charge in [-0.15, -0.1) is 0 Å². The predicted molar refractivity (Wildman–Crippen MR) is 64.8 cm³/mol. The van der Waals surface area contributed by atoms with Crippen LogP contribution >= 0.6 is 15.9 Å². The normalized spacial score (nSPS) is 12.4. The summed E-state index contributed by atoms with van der Waals surface area (Å²) < 4.78 is 14.2. The lowest BCUT2D eigenvalue weighted by molar-refractivity contribution is 0.172. The zero-order valence-electron chi connectivity index (χ0n) is 8.85. The molecule has 5 heteroatoms. The van der Waals surface area contributed by atoms with Crippen LogP contribution in [0.2, 0.25) is 0 Å². The maximum atomic E-state index is 13.6. The molecule has 1 atom stereocenters.